The maximum atomic E-state index is 12.6. The molecule has 1 aromatic carbocycles. The average molecular weight is 408 g/mol. The topological polar surface area (TPSA) is 85.6 Å². The first-order chi connectivity index (χ1) is 12.9. The summed E-state index contributed by atoms with van der Waals surface area (Å²) in [6.07, 6.45) is 3.11. The second-order valence-electron chi connectivity index (χ2n) is 5.88. The van der Waals surface area contributed by atoms with Crippen LogP contribution in [0.5, 0.6) is 5.75 Å². The van der Waals surface area contributed by atoms with E-state index in [2.05, 4.69) is 11.6 Å². The Morgan fingerprint density at radius 1 is 1.41 bits per heavy atom. The van der Waals surface area contributed by atoms with E-state index in [0.717, 1.165) is 0 Å². The first-order valence-corrected chi connectivity index (χ1v) is 8.81. The van der Waals surface area contributed by atoms with Crippen LogP contribution in [0.4, 0.5) is 11.5 Å². The van der Waals surface area contributed by atoms with E-state index in [1.54, 1.807) is 18.2 Å². The Hall–Kier alpha value is -2.64. The summed E-state index contributed by atoms with van der Waals surface area (Å²) in [6, 6.07) is 6.07. The zero-order valence-electron chi connectivity index (χ0n) is 14.1. The molecule has 3 rings (SSSR count). The molecule has 27 heavy (non-hydrogen) atoms. The number of rotatable bonds is 6. The summed E-state index contributed by atoms with van der Waals surface area (Å²) in [4.78, 5) is 28.6. The molecule has 2 aromatic rings. The van der Waals surface area contributed by atoms with E-state index < -0.39 is 4.92 Å². The first-order valence-electron chi connectivity index (χ1n) is 8.05. The zero-order chi connectivity index (χ0) is 19.6. The van der Waals surface area contributed by atoms with Crippen molar-refractivity contribution in [1.82, 2.24) is 4.98 Å². The van der Waals surface area contributed by atoms with Gasteiger partial charge in [0.25, 0.3) is 0 Å². The molecule has 2 heterocycles. The Morgan fingerprint density at radius 3 is 2.89 bits per heavy atom. The predicted octanol–water partition coefficient (Wildman–Crippen LogP) is 4.38. The number of anilines is 1. The number of pyridine rings is 1. The average Bonchev–Trinajstić information content (AvgIpc) is 3.03. The normalized spacial score (nSPS) is 16.4. The predicted molar refractivity (Wildman–Crippen MR) is 103 cm³/mol. The van der Waals surface area contributed by atoms with Gasteiger partial charge in [-0.25, -0.2) is 4.98 Å². The third-order valence-corrected chi connectivity index (χ3v) is 5.02. The molecule has 140 valence electrons. The van der Waals surface area contributed by atoms with Crippen LogP contribution in [-0.4, -0.2) is 29.0 Å². The molecule has 1 aliphatic heterocycles. The lowest BCUT2D eigenvalue weighted by Gasteiger charge is -2.19. The highest BCUT2D eigenvalue weighted by atomic mass is 35.5. The number of amides is 1. The van der Waals surface area contributed by atoms with E-state index in [1.807, 2.05) is 0 Å². The minimum Gasteiger partial charge on any atom is -0.489 e. The Balaban J connectivity index is 1.98. The molecule has 1 aliphatic rings. The Labute approximate surface area is 165 Å². The van der Waals surface area contributed by atoms with Crippen LogP contribution in [0.1, 0.15) is 17.9 Å². The van der Waals surface area contributed by atoms with E-state index >= 15 is 0 Å². The van der Waals surface area contributed by atoms with Crippen LogP contribution in [-0.2, 0) is 4.79 Å². The van der Waals surface area contributed by atoms with Crippen molar-refractivity contribution in [3.63, 3.8) is 0 Å². The minimum atomic E-state index is -0.562. The largest absolute Gasteiger partial charge is 0.489 e. The van der Waals surface area contributed by atoms with Gasteiger partial charge in [0, 0.05) is 36.7 Å². The molecule has 1 amide bonds. The van der Waals surface area contributed by atoms with Crippen LogP contribution in [0, 0.1) is 10.1 Å². The molecule has 0 radical (unpaired) electrons. The molecule has 7 nitrogen and oxygen atoms in total. The number of carbonyl (C=O) groups excluding carboxylic acids is 1. The Bertz CT molecular complexity index is 919. The van der Waals surface area contributed by atoms with Crippen LogP contribution < -0.4 is 9.64 Å². The zero-order valence-corrected chi connectivity index (χ0v) is 15.6. The molecule has 1 atom stereocenters. The first kappa shape index (κ1) is 19.1. The van der Waals surface area contributed by atoms with Crippen LogP contribution in [0.3, 0.4) is 0 Å². The van der Waals surface area contributed by atoms with E-state index in [9.17, 15) is 14.9 Å². The van der Waals surface area contributed by atoms with Crippen molar-refractivity contribution in [3.8, 4) is 5.75 Å². The fraction of sp³-hybridized carbons (Fsp3) is 0.222. The fourth-order valence-electron chi connectivity index (χ4n) is 3.05. The number of carbonyl (C=O) groups is 1. The molecule has 9 heteroatoms. The van der Waals surface area contributed by atoms with E-state index in [0.29, 0.717) is 21.4 Å². The number of hydrogen-bond acceptors (Lipinski definition) is 5. The minimum absolute atomic E-state index is 0.0155. The number of ether oxygens (including phenoxy) is 1. The molecule has 0 bridgehead atoms. The molecule has 1 saturated heterocycles. The molecule has 0 spiro atoms. The standard InChI is InChI=1S/C18H15Cl2N3O4/c1-2-8-27-14-6-5-12(19)17(20)16(14)11-9-15(24)22(10-11)18-13(23(25)26)4-3-7-21-18/h2-7,11H,1,8-10H2. The van der Waals surface area contributed by atoms with Gasteiger partial charge >= 0.3 is 5.69 Å². The highest BCUT2D eigenvalue weighted by Crippen LogP contribution is 2.43. The van der Waals surface area contributed by atoms with Crippen molar-refractivity contribution in [1.29, 1.82) is 0 Å². The number of aromatic nitrogens is 1. The summed E-state index contributed by atoms with van der Waals surface area (Å²) in [5.74, 6) is -0.112. The smallest absolute Gasteiger partial charge is 0.312 e. The lowest BCUT2D eigenvalue weighted by Crippen LogP contribution is -2.26. The molecule has 0 N–H and O–H groups in total. The van der Waals surface area contributed by atoms with Crippen molar-refractivity contribution < 1.29 is 14.5 Å². The van der Waals surface area contributed by atoms with Crippen molar-refractivity contribution in [2.45, 2.75) is 12.3 Å². The number of hydrogen-bond donors (Lipinski definition) is 0. The second-order valence-corrected chi connectivity index (χ2v) is 6.67. The van der Waals surface area contributed by atoms with Crippen molar-refractivity contribution in [2.24, 2.45) is 0 Å². The third-order valence-electron chi connectivity index (χ3n) is 4.20. The highest BCUT2D eigenvalue weighted by molar-refractivity contribution is 6.42. The summed E-state index contributed by atoms with van der Waals surface area (Å²) in [7, 11) is 0. The van der Waals surface area contributed by atoms with Gasteiger partial charge in [-0.1, -0.05) is 35.9 Å². The maximum Gasteiger partial charge on any atom is 0.312 e. The van der Waals surface area contributed by atoms with Crippen LogP contribution >= 0.6 is 23.2 Å². The number of benzene rings is 1. The molecular weight excluding hydrogens is 393 g/mol. The molecular formula is C18H15Cl2N3O4. The van der Waals surface area contributed by atoms with Gasteiger partial charge in [0.1, 0.15) is 12.4 Å². The quantitative estimate of drug-likeness (QED) is 0.402. The lowest BCUT2D eigenvalue weighted by atomic mass is 9.97. The molecule has 1 unspecified atom stereocenters. The van der Waals surface area contributed by atoms with Gasteiger partial charge in [-0.15, -0.1) is 0 Å². The number of halogens is 2. The Kier molecular flexibility index (Phi) is 5.62. The summed E-state index contributed by atoms with van der Waals surface area (Å²) in [6.45, 7) is 4.06. The molecule has 1 fully saturated rings. The number of nitrogens with zero attached hydrogens (tertiary/aromatic N) is 3. The van der Waals surface area contributed by atoms with Gasteiger partial charge in [0.15, 0.2) is 0 Å². The summed E-state index contributed by atoms with van der Waals surface area (Å²) in [5, 5.41) is 11.9. The van der Waals surface area contributed by atoms with Crippen molar-refractivity contribution >= 4 is 40.6 Å². The fourth-order valence-corrected chi connectivity index (χ4v) is 3.52. The van der Waals surface area contributed by atoms with Gasteiger partial charge in [0.2, 0.25) is 11.7 Å². The maximum absolute atomic E-state index is 12.6. The van der Waals surface area contributed by atoms with Gasteiger partial charge in [-0.05, 0) is 18.2 Å². The van der Waals surface area contributed by atoms with E-state index in [4.69, 9.17) is 27.9 Å². The van der Waals surface area contributed by atoms with Crippen LogP contribution in [0.25, 0.3) is 0 Å². The summed E-state index contributed by atoms with van der Waals surface area (Å²) in [5.41, 5.74) is 0.368. The van der Waals surface area contributed by atoms with Crippen molar-refractivity contribution in [2.75, 3.05) is 18.1 Å². The van der Waals surface area contributed by atoms with Crippen LogP contribution in [0.2, 0.25) is 10.0 Å². The van der Waals surface area contributed by atoms with Gasteiger partial charge in [-0.3, -0.25) is 19.8 Å². The van der Waals surface area contributed by atoms with Crippen LogP contribution in [0.15, 0.2) is 43.1 Å². The monoisotopic (exact) mass is 407 g/mol. The molecule has 0 saturated carbocycles. The summed E-state index contributed by atoms with van der Waals surface area (Å²) >= 11 is 12.5. The molecule has 1 aromatic heterocycles. The van der Waals surface area contributed by atoms with E-state index in [-0.39, 0.29) is 42.9 Å². The number of nitro groups is 1. The SMILES string of the molecule is C=CCOc1ccc(Cl)c(Cl)c1C1CC(=O)N(c2ncccc2[N+](=O)[O-])C1. The molecule has 0 aliphatic carbocycles. The lowest BCUT2D eigenvalue weighted by molar-refractivity contribution is -0.384. The Morgan fingerprint density at radius 2 is 2.19 bits per heavy atom. The third kappa shape index (κ3) is 3.74. The van der Waals surface area contributed by atoms with E-state index in [1.165, 1.54) is 23.2 Å². The highest BCUT2D eigenvalue weighted by Gasteiger charge is 2.38. The van der Waals surface area contributed by atoms with Crippen molar-refractivity contribution in [3.05, 3.63) is 68.8 Å². The second kappa shape index (κ2) is 7.94. The van der Waals surface area contributed by atoms with Gasteiger partial charge in [-0.2, -0.15) is 0 Å². The summed E-state index contributed by atoms with van der Waals surface area (Å²) < 4.78 is 5.66. The van der Waals surface area contributed by atoms with Gasteiger partial charge < -0.3 is 4.74 Å². The van der Waals surface area contributed by atoms with Gasteiger partial charge in [0.05, 0.1) is 15.0 Å².